The Morgan fingerprint density at radius 3 is 2.62 bits per heavy atom. The van der Waals surface area contributed by atoms with E-state index in [-0.39, 0.29) is 24.1 Å². The number of hydrogen-bond donors (Lipinski definition) is 1. The van der Waals surface area contributed by atoms with E-state index in [0.717, 1.165) is 0 Å². The largest absolute Gasteiger partial charge is 0.495 e. The summed E-state index contributed by atoms with van der Waals surface area (Å²) in [5.41, 5.74) is -3.46. The molecule has 0 atom stereocenters. The molecule has 6 heteroatoms. The number of benzene rings is 1. The van der Waals surface area contributed by atoms with Gasteiger partial charge in [-0.1, -0.05) is 12.1 Å². The van der Waals surface area contributed by atoms with Crippen LogP contribution in [0.3, 0.4) is 0 Å². The summed E-state index contributed by atoms with van der Waals surface area (Å²) < 4.78 is 40.6. The first-order valence-electron chi connectivity index (χ1n) is 4.60. The van der Waals surface area contributed by atoms with Gasteiger partial charge in [-0.2, -0.15) is 13.2 Å². The molecule has 0 radical (unpaired) electrons. The number of nitrogens with one attached hydrogen (secondary N) is 1. The summed E-state index contributed by atoms with van der Waals surface area (Å²) in [6.45, 7) is 0.241. The van der Waals surface area contributed by atoms with Crippen molar-refractivity contribution in [3.8, 4) is 5.75 Å². The summed E-state index contributed by atoms with van der Waals surface area (Å²) in [5.74, 6) is 0.598. The summed E-state index contributed by atoms with van der Waals surface area (Å²) >= 11 is -0.0370. The molecule has 0 heterocycles. The van der Waals surface area contributed by atoms with Crippen molar-refractivity contribution in [2.45, 2.75) is 5.51 Å². The molecule has 0 saturated carbocycles. The first-order chi connectivity index (χ1) is 7.53. The molecule has 1 N–H and O–H groups in total. The van der Waals surface area contributed by atoms with Crippen molar-refractivity contribution >= 4 is 17.4 Å². The quantitative estimate of drug-likeness (QED) is 0.811. The lowest BCUT2D eigenvalue weighted by molar-refractivity contribution is -0.0327. The van der Waals surface area contributed by atoms with Gasteiger partial charge in [0.05, 0.1) is 12.8 Å². The Bertz CT molecular complexity index is 330. The van der Waals surface area contributed by atoms with Crippen molar-refractivity contribution < 1.29 is 17.9 Å². The van der Waals surface area contributed by atoms with Gasteiger partial charge in [0.1, 0.15) is 5.75 Å². The molecule has 0 aliphatic rings. The fraction of sp³-hybridized carbons (Fsp3) is 0.400. The number of hydrogen-bond acceptors (Lipinski definition) is 3. The zero-order valence-corrected chi connectivity index (χ0v) is 9.49. The maximum Gasteiger partial charge on any atom is 0.441 e. The average Bonchev–Trinajstić information content (AvgIpc) is 2.23. The molecule has 0 aromatic heterocycles. The molecule has 0 spiro atoms. The Morgan fingerprint density at radius 1 is 1.31 bits per heavy atom. The summed E-state index contributed by atoms with van der Waals surface area (Å²) in [6, 6.07) is 7.10. The number of ether oxygens (including phenoxy) is 1. The molecule has 16 heavy (non-hydrogen) atoms. The van der Waals surface area contributed by atoms with Gasteiger partial charge in [0.2, 0.25) is 0 Å². The highest BCUT2D eigenvalue weighted by Gasteiger charge is 2.27. The van der Waals surface area contributed by atoms with Gasteiger partial charge in [-0.15, -0.1) is 0 Å². The highest BCUT2D eigenvalue weighted by Crippen LogP contribution is 2.30. The van der Waals surface area contributed by atoms with Crippen LogP contribution >= 0.6 is 11.8 Å². The third-order valence-electron chi connectivity index (χ3n) is 1.79. The van der Waals surface area contributed by atoms with Crippen molar-refractivity contribution in [3.05, 3.63) is 24.3 Å². The number of thioether (sulfide) groups is 1. The van der Waals surface area contributed by atoms with E-state index in [1.54, 1.807) is 24.3 Å². The average molecular weight is 251 g/mol. The topological polar surface area (TPSA) is 21.3 Å². The standard InChI is InChI=1S/C10H12F3NOS/c1-15-9-5-3-2-4-8(9)14-6-7-16-10(11,12)13/h2-5,14H,6-7H2,1H3. The van der Waals surface area contributed by atoms with Crippen LogP contribution in [0.15, 0.2) is 24.3 Å². The summed E-state index contributed by atoms with van der Waals surface area (Å²) in [6.07, 6.45) is 0. The molecule has 0 fully saturated rings. The minimum atomic E-state index is -4.16. The number of halogens is 3. The lowest BCUT2D eigenvalue weighted by atomic mass is 10.3. The van der Waals surface area contributed by atoms with Gasteiger partial charge in [-0.3, -0.25) is 0 Å². The van der Waals surface area contributed by atoms with Gasteiger partial charge in [-0.05, 0) is 23.9 Å². The predicted octanol–water partition coefficient (Wildman–Crippen LogP) is 3.36. The number of methoxy groups -OCH3 is 1. The number of alkyl halides is 3. The highest BCUT2D eigenvalue weighted by molar-refractivity contribution is 8.00. The molecule has 0 saturated heterocycles. The van der Waals surface area contributed by atoms with Crippen LogP contribution in [0.5, 0.6) is 5.75 Å². The Hall–Kier alpha value is -1.04. The maximum absolute atomic E-state index is 11.8. The van der Waals surface area contributed by atoms with E-state index >= 15 is 0 Å². The first kappa shape index (κ1) is 13.0. The minimum Gasteiger partial charge on any atom is -0.495 e. The van der Waals surface area contributed by atoms with Crippen LogP contribution in [0.1, 0.15) is 0 Å². The molecule has 0 amide bonds. The number of rotatable bonds is 5. The monoisotopic (exact) mass is 251 g/mol. The van der Waals surface area contributed by atoms with E-state index < -0.39 is 5.51 Å². The molecular weight excluding hydrogens is 239 g/mol. The number of para-hydroxylation sites is 2. The van der Waals surface area contributed by atoms with Crippen molar-refractivity contribution in [2.24, 2.45) is 0 Å². The van der Waals surface area contributed by atoms with Gasteiger partial charge in [0.15, 0.2) is 0 Å². The predicted molar refractivity (Wildman–Crippen MR) is 60.0 cm³/mol. The summed E-state index contributed by atoms with van der Waals surface area (Å²) in [5, 5.41) is 2.89. The zero-order valence-electron chi connectivity index (χ0n) is 8.67. The molecule has 90 valence electrons. The Balaban J connectivity index is 2.37. The van der Waals surface area contributed by atoms with E-state index in [0.29, 0.717) is 11.4 Å². The van der Waals surface area contributed by atoms with Crippen LogP contribution in [0.25, 0.3) is 0 Å². The summed E-state index contributed by atoms with van der Waals surface area (Å²) in [4.78, 5) is 0. The van der Waals surface area contributed by atoms with Gasteiger partial charge in [0, 0.05) is 12.3 Å². The Kier molecular flexibility index (Phi) is 4.79. The van der Waals surface area contributed by atoms with Gasteiger partial charge in [0.25, 0.3) is 0 Å². The second kappa shape index (κ2) is 5.89. The fourth-order valence-corrected chi connectivity index (χ4v) is 1.58. The van der Waals surface area contributed by atoms with Gasteiger partial charge in [-0.25, -0.2) is 0 Å². The van der Waals surface area contributed by atoms with E-state index in [2.05, 4.69) is 5.32 Å². The van der Waals surface area contributed by atoms with Crippen LogP contribution < -0.4 is 10.1 Å². The zero-order chi connectivity index (χ0) is 12.0. The molecule has 0 aliphatic heterocycles. The second-order valence-electron chi connectivity index (χ2n) is 2.92. The lowest BCUT2D eigenvalue weighted by Crippen LogP contribution is -2.09. The fourth-order valence-electron chi connectivity index (χ4n) is 1.14. The van der Waals surface area contributed by atoms with Gasteiger partial charge < -0.3 is 10.1 Å². The van der Waals surface area contributed by atoms with Crippen molar-refractivity contribution in [2.75, 3.05) is 24.7 Å². The van der Waals surface area contributed by atoms with Crippen LogP contribution in [0, 0.1) is 0 Å². The smallest absolute Gasteiger partial charge is 0.441 e. The SMILES string of the molecule is COc1ccccc1NCCSC(F)(F)F. The molecule has 0 unspecified atom stereocenters. The highest BCUT2D eigenvalue weighted by atomic mass is 32.2. The van der Waals surface area contributed by atoms with Crippen molar-refractivity contribution in [1.29, 1.82) is 0 Å². The van der Waals surface area contributed by atoms with Crippen LogP contribution in [-0.2, 0) is 0 Å². The Morgan fingerprint density at radius 2 is 2.00 bits per heavy atom. The molecule has 0 bridgehead atoms. The van der Waals surface area contributed by atoms with Crippen molar-refractivity contribution in [3.63, 3.8) is 0 Å². The molecular formula is C10H12F3NOS. The molecule has 0 aliphatic carbocycles. The molecule has 2 nitrogen and oxygen atoms in total. The third-order valence-corrected chi connectivity index (χ3v) is 2.53. The lowest BCUT2D eigenvalue weighted by Gasteiger charge is -2.11. The Labute approximate surface area is 96.2 Å². The van der Waals surface area contributed by atoms with E-state index in [1.807, 2.05) is 0 Å². The third kappa shape index (κ3) is 4.65. The minimum absolute atomic E-state index is 0.0262. The normalized spacial score (nSPS) is 11.2. The molecule has 1 aromatic carbocycles. The van der Waals surface area contributed by atoms with Crippen molar-refractivity contribution in [1.82, 2.24) is 0 Å². The van der Waals surface area contributed by atoms with Crippen LogP contribution in [-0.4, -0.2) is 24.9 Å². The van der Waals surface area contributed by atoms with E-state index in [1.165, 1.54) is 7.11 Å². The second-order valence-corrected chi connectivity index (χ2v) is 4.08. The van der Waals surface area contributed by atoms with E-state index in [9.17, 15) is 13.2 Å². The maximum atomic E-state index is 11.8. The van der Waals surface area contributed by atoms with E-state index in [4.69, 9.17) is 4.74 Å². The van der Waals surface area contributed by atoms with Crippen LogP contribution in [0.2, 0.25) is 0 Å². The molecule has 1 rings (SSSR count). The summed E-state index contributed by atoms with van der Waals surface area (Å²) in [7, 11) is 1.52. The first-order valence-corrected chi connectivity index (χ1v) is 5.59. The van der Waals surface area contributed by atoms with Crippen LogP contribution in [0.4, 0.5) is 18.9 Å². The number of anilines is 1. The van der Waals surface area contributed by atoms with Gasteiger partial charge >= 0.3 is 5.51 Å². The molecule has 1 aromatic rings.